The molecule has 1 aromatic carbocycles. The largest absolute Gasteiger partial charge is 0.507 e. The predicted octanol–water partition coefficient (Wildman–Crippen LogP) is 4.29. The Hall–Kier alpha value is -4.05. The highest BCUT2D eigenvalue weighted by Crippen LogP contribution is 2.43. The van der Waals surface area contributed by atoms with Crippen molar-refractivity contribution in [3.8, 4) is 5.75 Å². The van der Waals surface area contributed by atoms with E-state index in [2.05, 4.69) is 9.97 Å². The summed E-state index contributed by atoms with van der Waals surface area (Å²) in [6, 6.07) is 9.02. The van der Waals surface area contributed by atoms with Gasteiger partial charge in [0.25, 0.3) is 5.78 Å². The zero-order valence-corrected chi connectivity index (χ0v) is 21.0. The minimum absolute atomic E-state index is 0.101. The minimum Gasteiger partial charge on any atom is -0.507 e. The smallest absolute Gasteiger partial charge is 0.350 e. The van der Waals surface area contributed by atoms with E-state index in [1.165, 1.54) is 18.2 Å². The monoisotopic (exact) mass is 507 g/mol. The van der Waals surface area contributed by atoms with Crippen LogP contribution in [0.15, 0.2) is 54.4 Å². The van der Waals surface area contributed by atoms with Crippen LogP contribution in [0.4, 0.5) is 5.13 Å². The number of nitrogens with zero attached hydrogens (tertiary/aromatic N) is 3. The molecule has 3 heterocycles. The van der Waals surface area contributed by atoms with Crippen molar-refractivity contribution in [1.29, 1.82) is 0 Å². The minimum atomic E-state index is -0.994. The number of methoxy groups -OCH3 is 1. The molecule has 186 valence electrons. The number of amides is 1. The van der Waals surface area contributed by atoms with E-state index in [9.17, 15) is 19.5 Å². The Kier molecular flexibility index (Phi) is 7.16. The molecule has 1 N–H and O–H groups in total. The van der Waals surface area contributed by atoms with Gasteiger partial charge in [0.05, 0.1) is 31.0 Å². The zero-order chi connectivity index (χ0) is 26.0. The SMILES string of the molecule is COC(=O)c1sc(N2C(=O)C(=O)C(=C(O)c3ccc(OCC(C)C)cc3)[C@H]2c2cccnc2)nc1C. The lowest BCUT2D eigenvalue weighted by Crippen LogP contribution is -2.29. The van der Waals surface area contributed by atoms with Gasteiger partial charge in [0.15, 0.2) is 5.13 Å². The van der Waals surface area contributed by atoms with Gasteiger partial charge in [0.2, 0.25) is 0 Å². The number of hydrogen-bond donors (Lipinski definition) is 1. The third-order valence-corrected chi connectivity index (χ3v) is 6.65. The Morgan fingerprint density at radius 3 is 2.53 bits per heavy atom. The van der Waals surface area contributed by atoms with E-state index >= 15 is 0 Å². The third kappa shape index (κ3) is 4.72. The van der Waals surface area contributed by atoms with Gasteiger partial charge in [0.1, 0.15) is 16.4 Å². The van der Waals surface area contributed by atoms with Crippen LogP contribution in [0.1, 0.15) is 46.4 Å². The summed E-state index contributed by atoms with van der Waals surface area (Å²) >= 11 is 0.939. The number of aliphatic hydroxyl groups excluding tert-OH is 1. The standard InChI is InChI=1S/C26H25N3O6S/c1-14(2)13-35-18-9-7-16(8-10-18)21(30)19-20(17-6-5-11-27-12-17)29(24(32)22(19)31)26-28-15(3)23(36-26)25(33)34-4/h5-12,14,20,30H,13H2,1-4H3/t20-/m1/s1. The van der Waals surface area contributed by atoms with Crippen molar-refractivity contribution in [2.45, 2.75) is 26.8 Å². The molecule has 0 aliphatic carbocycles. The van der Waals surface area contributed by atoms with Crippen molar-refractivity contribution in [1.82, 2.24) is 9.97 Å². The number of anilines is 1. The number of hydrogen-bond acceptors (Lipinski definition) is 9. The molecule has 0 saturated carbocycles. The number of aliphatic hydroxyl groups is 1. The topological polar surface area (TPSA) is 119 Å². The Balaban J connectivity index is 1.81. The van der Waals surface area contributed by atoms with Crippen molar-refractivity contribution in [2.75, 3.05) is 18.6 Å². The van der Waals surface area contributed by atoms with E-state index in [0.29, 0.717) is 35.1 Å². The van der Waals surface area contributed by atoms with Crippen LogP contribution in [0, 0.1) is 12.8 Å². The first-order valence-electron chi connectivity index (χ1n) is 11.2. The van der Waals surface area contributed by atoms with Gasteiger partial charge in [0, 0.05) is 18.0 Å². The summed E-state index contributed by atoms with van der Waals surface area (Å²) in [6.45, 7) is 6.23. The van der Waals surface area contributed by atoms with Crippen molar-refractivity contribution in [3.63, 3.8) is 0 Å². The van der Waals surface area contributed by atoms with Gasteiger partial charge in [-0.2, -0.15) is 0 Å². The summed E-state index contributed by atoms with van der Waals surface area (Å²) in [5.74, 6) is -1.69. The number of ether oxygens (including phenoxy) is 2. The molecule has 1 aliphatic rings. The molecule has 1 aliphatic heterocycles. The molecule has 1 fully saturated rings. The third-order valence-electron chi connectivity index (χ3n) is 5.52. The molecule has 2 aromatic heterocycles. The van der Waals surface area contributed by atoms with E-state index in [1.54, 1.807) is 49.5 Å². The van der Waals surface area contributed by atoms with E-state index in [0.717, 1.165) is 11.3 Å². The molecule has 0 bridgehead atoms. The maximum Gasteiger partial charge on any atom is 0.350 e. The summed E-state index contributed by atoms with van der Waals surface area (Å²) < 4.78 is 10.5. The van der Waals surface area contributed by atoms with Crippen molar-refractivity contribution in [3.05, 3.63) is 76.1 Å². The Morgan fingerprint density at radius 2 is 1.92 bits per heavy atom. The average molecular weight is 508 g/mol. The maximum atomic E-state index is 13.2. The van der Waals surface area contributed by atoms with Gasteiger partial charge in [-0.15, -0.1) is 0 Å². The summed E-state index contributed by atoms with van der Waals surface area (Å²) in [6.07, 6.45) is 3.08. The Bertz CT molecular complexity index is 1330. The number of carbonyl (C=O) groups is 3. The fraction of sp³-hybridized carbons (Fsp3) is 0.269. The van der Waals surface area contributed by atoms with E-state index in [1.807, 2.05) is 13.8 Å². The Morgan fingerprint density at radius 1 is 1.19 bits per heavy atom. The molecule has 10 heteroatoms. The molecule has 1 amide bonds. The summed E-state index contributed by atoms with van der Waals surface area (Å²) in [4.78, 5) is 48.5. The number of thiazole rings is 1. The van der Waals surface area contributed by atoms with Crippen LogP contribution in [-0.4, -0.2) is 46.5 Å². The number of Topliss-reactive ketones (excluding diaryl/α,β-unsaturated/α-hetero) is 1. The second-order valence-corrected chi connectivity index (χ2v) is 9.56. The molecule has 0 spiro atoms. The number of rotatable bonds is 7. The number of ketones is 1. The van der Waals surface area contributed by atoms with E-state index in [4.69, 9.17) is 9.47 Å². The van der Waals surface area contributed by atoms with Gasteiger partial charge >= 0.3 is 11.9 Å². The molecular weight excluding hydrogens is 482 g/mol. The summed E-state index contributed by atoms with van der Waals surface area (Å²) in [5, 5.41) is 11.4. The zero-order valence-electron chi connectivity index (χ0n) is 20.2. The van der Waals surface area contributed by atoms with Gasteiger partial charge in [-0.3, -0.25) is 19.5 Å². The molecule has 1 saturated heterocycles. The highest BCUT2D eigenvalue weighted by Gasteiger charge is 2.48. The molecule has 1 atom stereocenters. The van der Waals surface area contributed by atoms with Crippen LogP contribution in [0.3, 0.4) is 0 Å². The maximum absolute atomic E-state index is 13.2. The summed E-state index contributed by atoms with van der Waals surface area (Å²) in [5.41, 5.74) is 1.12. The van der Waals surface area contributed by atoms with Crippen LogP contribution in [0.2, 0.25) is 0 Å². The lowest BCUT2D eigenvalue weighted by atomic mass is 9.96. The van der Waals surface area contributed by atoms with Crippen LogP contribution in [0.5, 0.6) is 5.75 Å². The first-order chi connectivity index (χ1) is 17.2. The van der Waals surface area contributed by atoms with Crippen LogP contribution in [-0.2, 0) is 14.3 Å². The highest BCUT2D eigenvalue weighted by atomic mass is 32.1. The molecule has 0 unspecified atom stereocenters. The number of aryl methyl sites for hydroxylation is 1. The molecule has 9 nitrogen and oxygen atoms in total. The molecular formula is C26H25N3O6S. The summed E-state index contributed by atoms with van der Waals surface area (Å²) in [7, 11) is 1.25. The van der Waals surface area contributed by atoms with Gasteiger partial charge in [-0.05, 0) is 48.7 Å². The predicted molar refractivity (Wildman–Crippen MR) is 134 cm³/mol. The molecule has 36 heavy (non-hydrogen) atoms. The van der Waals surface area contributed by atoms with E-state index in [-0.39, 0.29) is 21.3 Å². The fourth-order valence-electron chi connectivity index (χ4n) is 3.78. The normalized spacial score (nSPS) is 17.0. The van der Waals surface area contributed by atoms with Crippen molar-refractivity contribution in [2.24, 2.45) is 5.92 Å². The van der Waals surface area contributed by atoms with Gasteiger partial charge < -0.3 is 14.6 Å². The Labute approximate surface area is 212 Å². The molecule has 4 rings (SSSR count). The molecule has 3 aromatic rings. The second-order valence-electron chi connectivity index (χ2n) is 8.59. The number of esters is 1. The number of pyridine rings is 1. The van der Waals surface area contributed by atoms with Crippen LogP contribution < -0.4 is 9.64 Å². The highest BCUT2D eigenvalue weighted by molar-refractivity contribution is 7.17. The number of benzene rings is 1. The number of aromatic nitrogens is 2. The van der Waals surface area contributed by atoms with Crippen molar-refractivity contribution < 1.29 is 29.0 Å². The van der Waals surface area contributed by atoms with Crippen molar-refractivity contribution >= 4 is 39.9 Å². The lowest BCUT2D eigenvalue weighted by molar-refractivity contribution is -0.132. The van der Waals surface area contributed by atoms with E-state index < -0.39 is 23.7 Å². The number of carbonyl (C=O) groups excluding carboxylic acids is 3. The fourth-order valence-corrected chi connectivity index (χ4v) is 4.79. The first kappa shape index (κ1) is 25.1. The lowest BCUT2D eigenvalue weighted by Gasteiger charge is -2.22. The van der Waals surface area contributed by atoms with Gasteiger partial charge in [-0.1, -0.05) is 31.3 Å². The van der Waals surface area contributed by atoms with Gasteiger partial charge in [-0.25, -0.2) is 9.78 Å². The second kappa shape index (κ2) is 10.3. The molecule has 0 radical (unpaired) electrons. The average Bonchev–Trinajstić information content (AvgIpc) is 3.39. The van der Waals surface area contributed by atoms with Crippen LogP contribution >= 0.6 is 11.3 Å². The first-order valence-corrected chi connectivity index (χ1v) is 12.0. The quantitative estimate of drug-likeness (QED) is 0.218. The van der Waals surface area contributed by atoms with Crippen LogP contribution in [0.25, 0.3) is 5.76 Å².